The van der Waals surface area contributed by atoms with Gasteiger partial charge in [0.05, 0.1) is 24.0 Å². The minimum absolute atomic E-state index is 0.182. The Bertz CT molecular complexity index is 529. The molecule has 0 aromatic carbocycles. The first kappa shape index (κ1) is 12.5. The van der Waals surface area contributed by atoms with Crippen LogP contribution in [0.5, 0.6) is 6.01 Å². The van der Waals surface area contributed by atoms with Crippen molar-refractivity contribution in [1.82, 2.24) is 24.7 Å². The van der Waals surface area contributed by atoms with Crippen molar-refractivity contribution in [3.05, 3.63) is 17.4 Å². The molecular formula is C9H12ClN7O. The van der Waals surface area contributed by atoms with Crippen molar-refractivity contribution in [2.75, 3.05) is 12.0 Å². The van der Waals surface area contributed by atoms with E-state index in [1.807, 2.05) is 6.92 Å². The van der Waals surface area contributed by atoms with Crippen LogP contribution in [-0.2, 0) is 0 Å². The van der Waals surface area contributed by atoms with Crippen molar-refractivity contribution >= 4 is 17.5 Å². The molecule has 0 amide bonds. The average Bonchev–Trinajstić information content (AvgIpc) is 2.82. The third kappa shape index (κ3) is 2.84. The van der Waals surface area contributed by atoms with E-state index in [0.29, 0.717) is 11.6 Å². The molecule has 96 valence electrons. The first-order valence-corrected chi connectivity index (χ1v) is 5.66. The van der Waals surface area contributed by atoms with Gasteiger partial charge < -0.3 is 4.74 Å². The summed E-state index contributed by atoms with van der Waals surface area (Å²) in [5.74, 6) is 5.75. The molecule has 0 aliphatic heterocycles. The number of hydrogen-bond acceptors (Lipinski definition) is 7. The second-order valence-corrected chi connectivity index (χ2v) is 3.77. The number of anilines is 1. The summed E-state index contributed by atoms with van der Waals surface area (Å²) in [5, 5.41) is 4.47. The van der Waals surface area contributed by atoms with E-state index in [2.05, 4.69) is 25.5 Å². The normalized spacial score (nSPS) is 10.4. The van der Waals surface area contributed by atoms with Gasteiger partial charge in [0.15, 0.2) is 0 Å². The zero-order valence-electron chi connectivity index (χ0n) is 9.67. The molecule has 0 spiro atoms. The quantitative estimate of drug-likeness (QED) is 0.611. The second kappa shape index (κ2) is 5.61. The van der Waals surface area contributed by atoms with Crippen LogP contribution in [0.4, 0.5) is 5.95 Å². The maximum Gasteiger partial charge on any atom is 0.323 e. The Morgan fingerprint density at radius 3 is 2.89 bits per heavy atom. The van der Waals surface area contributed by atoms with Crippen molar-refractivity contribution < 1.29 is 4.74 Å². The molecule has 8 nitrogen and oxygen atoms in total. The fourth-order valence-corrected chi connectivity index (χ4v) is 1.32. The number of ether oxygens (including phenoxy) is 1. The van der Waals surface area contributed by atoms with Crippen molar-refractivity contribution in [3.8, 4) is 12.0 Å². The van der Waals surface area contributed by atoms with Gasteiger partial charge in [0, 0.05) is 0 Å². The van der Waals surface area contributed by atoms with Gasteiger partial charge in [-0.25, -0.2) is 10.5 Å². The Balaban J connectivity index is 2.34. The minimum Gasteiger partial charge on any atom is -0.463 e. The summed E-state index contributed by atoms with van der Waals surface area (Å²) in [6.07, 6.45) is 3.90. The molecule has 0 saturated heterocycles. The highest BCUT2D eigenvalue weighted by Crippen LogP contribution is 2.12. The number of nitrogens with two attached hydrogens (primary N) is 1. The van der Waals surface area contributed by atoms with Crippen LogP contribution < -0.4 is 16.0 Å². The zero-order valence-corrected chi connectivity index (χ0v) is 10.4. The Kier molecular flexibility index (Phi) is 3.90. The van der Waals surface area contributed by atoms with Gasteiger partial charge in [-0.15, -0.1) is 0 Å². The molecule has 9 heteroatoms. The lowest BCUT2D eigenvalue weighted by molar-refractivity contribution is 0.291. The Morgan fingerprint density at radius 2 is 2.28 bits per heavy atom. The van der Waals surface area contributed by atoms with Crippen molar-refractivity contribution in [2.24, 2.45) is 5.84 Å². The smallest absolute Gasteiger partial charge is 0.323 e. The molecule has 0 atom stereocenters. The third-order valence-electron chi connectivity index (χ3n) is 1.92. The van der Waals surface area contributed by atoms with Crippen molar-refractivity contribution in [2.45, 2.75) is 13.3 Å². The van der Waals surface area contributed by atoms with E-state index >= 15 is 0 Å². The van der Waals surface area contributed by atoms with E-state index in [-0.39, 0.29) is 17.9 Å². The van der Waals surface area contributed by atoms with Gasteiger partial charge in [-0.2, -0.15) is 20.1 Å². The first-order chi connectivity index (χ1) is 8.72. The summed E-state index contributed by atoms with van der Waals surface area (Å²) in [6, 6.07) is 0.182. The van der Waals surface area contributed by atoms with Crippen LogP contribution in [0.3, 0.4) is 0 Å². The minimum atomic E-state index is 0.182. The highest BCUT2D eigenvalue weighted by molar-refractivity contribution is 6.30. The van der Waals surface area contributed by atoms with Gasteiger partial charge in [-0.1, -0.05) is 18.5 Å². The zero-order chi connectivity index (χ0) is 13.0. The van der Waals surface area contributed by atoms with Crippen LogP contribution in [0.1, 0.15) is 13.3 Å². The lowest BCUT2D eigenvalue weighted by Gasteiger charge is -2.06. The van der Waals surface area contributed by atoms with Gasteiger partial charge in [-0.3, -0.25) is 5.43 Å². The molecule has 2 heterocycles. The van der Waals surface area contributed by atoms with Crippen LogP contribution in [0.15, 0.2) is 12.4 Å². The lowest BCUT2D eigenvalue weighted by atomic mass is 10.5. The van der Waals surface area contributed by atoms with E-state index in [0.717, 1.165) is 6.42 Å². The highest BCUT2D eigenvalue weighted by Gasteiger charge is 2.09. The summed E-state index contributed by atoms with van der Waals surface area (Å²) >= 11 is 5.78. The van der Waals surface area contributed by atoms with E-state index in [4.69, 9.17) is 22.2 Å². The SMILES string of the molecule is CCCOc1nc(NN)nc(-n2cc(Cl)cn2)n1. The van der Waals surface area contributed by atoms with Gasteiger partial charge >= 0.3 is 6.01 Å². The number of nitrogens with one attached hydrogen (secondary N) is 1. The van der Waals surface area contributed by atoms with Crippen LogP contribution >= 0.6 is 11.6 Å². The number of rotatable bonds is 5. The number of nitrogens with zero attached hydrogens (tertiary/aromatic N) is 5. The maximum atomic E-state index is 5.78. The van der Waals surface area contributed by atoms with Gasteiger partial charge in [0.2, 0.25) is 5.95 Å². The largest absolute Gasteiger partial charge is 0.463 e. The van der Waals surface area contributed by atoms with Crippen LogP contribution in [0.25, 0.3) is 5.95 Å². The van der Waals surface area contributed by atoms with Crippen LogP contribution in [0, 0.1) is 0 Å². The van der Waals surface area contributed by atoms with Crippen LogP contribution in [0.2, 0.25) is 5.02 Å². The van der Waals surface area contributed by atoms with Crippen molar-refractivity contribution in [3.63, 3.8) is 0 Å². The Hall–Kier alpha value is -1.93. The summed E-state index contributed by atoms with van der Waals surface area (Å²) in [5.41, 5.74) is 2.34. The van der Waals surface area contributed by atoms with E-state index in [9.17, 15) is 0 Å². The fraction of sp³-hybridized carbons (Fsp3) is 0.333. The van der Waals surface area contributed by atoms with E-state index < -0.39 is 0 Å². The third-order valence-corrected chi connectivity index (χ3v) is 2.12. The Labute approximate surface area is 108 Å². The molecule has 3 N–H and O–H groups in total. The number of aromatic nitrogens is 5. The standard InChI is InChI=1S/C9H12ClN7O/c1-2-3-18-9-14-7(16-11)13-8(15-9)17-5-6(10)4-12-17/h4-5H,2-3,11H2,1H3,(H,13,14,15,16). The molecule has 2 aromatic rings. The summed E-state index contributed by atoms with van der Waals surface area (Å²) in [6.45, 7) is 2.49. The topological polar surface area (TPSA) is 104 Å². The molecule has 0 bridgehead atoms. The molecule has 2 rings (SSSR count). The molecule has 0 radical (unpaired) electrons. The highest BCUT2D eigenvalue weighted by atomic mass is 35.5. The molecule has 0 aliphatic carbocycles. The van der Waals surface area contributed by atoms with E-state index in [1.165, 1.54) is 10.9 Å². The summed E-state index contributed by atoms with van der Waals surface area (Å²) < 4.78 is 6.74. The number of halogens is 1. The predicted molar refractivity (Wildman–Crippen MR) is 65.6 cm³/mol. The van der Waals surface area contributed by atoms with Crippen LogP contribution in [-0.4, -0.2) is 31.3 Å². The monoisotopic (exact) mass is 269 g/mol. The van der Waals surface area contributed by atoms with Gasteiger partial charge in [0.25, 0.3) is 5.95 Å². The predicted octanol–water partition coefficient (Wildman–Crippen LogP) is 0.785. The molecule has 0 saturated carbocycles. The molecule has 0 aliphatic rings. The molecule has 0 fully saturated rings. The first-order valence-electron chi connectivity index (χ1n) is 5.29. The fourth-order valence-electron chi connectivity index (χ4n) is 1.18. The number of hydrogen-bond donors (Lipinski definition) is 2. The number of hydrazine groups is 1. The molecule has 18 heavy (non-hydrogen) atoms. The van der Waals surface area contributed by atoms with Gasteiger partial charge in [-0.05, 0) is 6.42 Å². The Morgan fingerprint density at radius 1 is 1.44 bits per heavy atom. The molecule has 0 unspecified atom stereocenters. The molecule has 2 aromatic heterocycles. The van der Waals surface area contributed by atoms with E-state index in [1.54, 1.807) is 6.20 Å². The average molecular weight is 270 g/mol. The number of nitrogen functional groups attached to an aromatic ring is 1. The lowest BCUT2D eigenvalue weighted by Crippen LogP contribution is -2.15. The summed E-state index contributed by atoms with van der Waals surface area (Å²) in [4.78, 5) is 12.1. The second-order valence-electron chi connectivity index (χ2n) is 3.34. The van der Waals surface area contributed by atoms with Crippen molar-refractivity contribution in [1.29, 1.82) is 0 Å². The summed E-state index contributed by atoms with van der Waals surface area (Å²) in [7, 11) is 0. The van der Waals surface area contributed by atoms with Gasteiger partial charge in [0.1, 0.15) is 0 Å². The molecular weight excluding hydrogens is 258 g/mol. The maximum absolute atomic E-state index is 5.78.